The predicted octanol–water partition coefficient (Wildman–Crippen LogP) is 2.88. The number of ether oxygens (including phenoxy) is 3. The topological polar surface area (TPSA) is 60.3 Å². The van der Waals surface area contributed by atoms with Gasteiger partial charge >= 0.3 is 0 Å². The first-order chi connectivity index (χ1) is 12.5. The lowest BCUT2D eigenvalue weighted by molar-refractivity contribution is 0.347. The lowest BCUT2D eigenvalue weighted by atomic mass is 10.1. The minimum Gasteiger partial charge on any atom is -0.496 e. The summed E-state index contributed by atoms with van der Waals surface area (Å²) in [6, 6.07) is 7.87. The number of methoxy groups -OCH3 is 3. The van der Waals surface area contributed by atoms with Crippen LogP contribution in [0.1, 0.15) is 11.3 Å². The van der Waals surface area contributed by atoms with Gasteiger partial charge in [-0.2, -0.15) is 0 Å². The van der Waals surface area contributed by atoms with Gasteiger partial charge in [0.25, 0.3) is 0 Å². The highest BCUT2D eigenvalue weighted by Gasteiger charge is 2.14. The molecule has 2 aromatic rings. The number of nitrogens with one attached hydrogen (secondary N) is 1. The van der Waals surface area contributed by atoms with Crippen molar-refractivity contribution < 1.29 is 14.2 Å². The van der Waals surface area contributed by atoms with Gasteiger partial charge in [-0.15, -0.1) is 24.0 Å². The molecule has 0 aliphatic carbocycles. The van der Waals surface area contributed by atoms with Crippen LogP contribution in [0.25, 0.3) is 0 Å². The minimum atomic E-state index is 0. The van der Waals surface area contributed by atoms with E-state index in [1.54, 1.807) is 28.4 Å². The smallest absolute Gasteiger partial charge is 0.194 e. The summed E-state index contributed by atoms with van der Waals surface area (Å²) in [5.74, 6) is 2.83. The number of nitrogens with zero attached hydrogens (tertiary/aromatic N) is 3. The second kappa shape index (κ2) is 10.9. The van der Waals surface area contributed by atoms with E-state index in [-0.39, 0.29) is 24.0 Å². The molecule has 150 valence electrons. The van der Waals surface area contributed by atoms with Gasteiger partial charge in [-0.1, -0.05) is 0 Å². The van der Waals surface area contributed by atoms with Crippen molar-refractivity contribution in [2.75, 3.05) is 35.4 Å². The molecule has 0 radical (unpaired) electrons. The van der Waals surface area contributed by atoms with Crippen LogP contribution >= 0.6 is 24.0 Å². The fourth-order valence-corrected chi connectivity index (χ4v) is 2.77. The third kappa shape index (κ3) is 5.69. The van der Waals surface area contributed by atoms with Gasteiger partial charge in [0.05, 0.1) is 27.9 Å². The molecule has 0 atom stereocenters. The Labute approximate surface area is 178 Å². The SMILES string of the molecule is CN=C(NCc1cc(OC)c(OC)cc1OC)N(C)Cc1cccn1C.I. The van der Waals surface area contributed by atoms with Crippen LogP contribution in [0, 0.1) is 0 Å². The van der Waals surface area contributed by atoms with E-state index in [9.17, 15) is 0 Å². The fraction of sp³-hybridized carbons (Fsp3) is 0.421. The van der Waals surface area contributed by atoms with Crippen LogP contribution < -0.4 is 19.5 Å². The molecule has 1 N–H and O–H groups in total. The molecule has 0 bridgehead atoms. The monoisotopic (exact) mass is 488 g/mol. The summed E-state index contributed by atoms with van der Waals surface area (Å²) >= 11 is 0. The molecule has 0 saturated heterocycles. The molecule has 0 fully saturated rings. The van der Waals surface area contributed by atoms with Crippen molar-refractivity contribution in [3.8, 4) is 17.2 Å². The van der Waals surface area contributed by atoms with E-state index in [0.29, 0.717) is 18.0 Å². The molecule has 1 aromatic carbocycles. The third-order valence-corrected chi connectivity index (χ3v) is 4.25. The van der Waals surface area contributed by atoms with Crippen molar-refractivity contribution in [2.24, 2.45) is 12.0 Å². The van der Waals surface area contributed by atoms with Crippen LogP contribution in [-0.2, 0) is 20.1 Å². The Morgan fingerprint density at radius 3 is 2.26 bits per heavy atom. The number of halogens is 1. The molecule has 0 aliphatic heterocycles. The van der Waals surface area contributed by atoms with Crippen LogP contribution in [0.5, 0.6) is 17.2 Å². The average Bonchev–Trinajstić information content (AvgIpc) is 3.06. The number of aryl methyl sites for hydroxylation is 1. The number of hydrogen-bond acceptors (Lipinski definition) is 4. The van der Waals surface area contributed by atoms with E-state index < -0.39 is 0 Å². The number of aliphatic imine (C=N–C) groups is 1. The Morgan fingerprint density at radius 2 is 1.74 bits per heavy atom. The highest BCUT2D eigenvalue weighted by molar-refractivity contribution is 14.0. The molecule has 0 spiro atoms. The number of aromatic nitrogens is 1. The molecule has 0 amide bonds. The molecule has 0 saturated carbocycles. The Balaban J connectivity index is 0.00000364. The first-order valence-corrected chi connectivity index (χ1v) is 8.34. The summed E-state index contributed by atoms with van der Waals surface area (Å²) < 4.78 is 18.3. The summed E-state index contributed by atoms with van der Waals surface area (Å²) in [6.45, 7) is 1.31. The van der Waals surface area contributed by atoms with Gasteiger partial charge < -0.3 is 29.0 Å². The van der Waals surface area contributed by atoms with E-state index >= 15 is 0 Å². The van der Waals surface area contributed by atoms with E-state index in [2.05, 4.69) is 25.8 Å². The van der Waals surface area contributed by atoms with Gasteiger partial charge in [0.15, 0.2) is 17.5 Å². The van der Waals surface area contributed by atoms with Crippen LogP contribution in [0.4, 0.5) is 0 Å². The highest BCUT2D eigenvalue weighted by atomic mass is 127. The Kier molecular flexibility index (Phi) is 9.27. The van der Waals surface area contributed by atoms with Crippen molar-refractivity contribution in [3.63, 3.8) is 0 Å². The number of hydrogen-bond donors (Lipinski definition) is 1. The summed E-state index contributed by atoms with van der Waals surface area (Å²) in [6.07, 6.45) is 2.04. The zero-order valence-corrected chi connectivity index (χ0v) is 19.1. The van der Waals surface area contributed by atoms with Crippen molar-refractivity contribution in [2.45, 2.75) is 13.1 Å². The van der Waals surface area contributed by atoms with Gasteiger partial charge in [-0.3, -0.25) is 4.99 Å². The molecule has 27 heavy (non-hydrogen) atoms. The standard InChI is InChI=1S/C19H28N4O3.HI/c1-20-19(23(3)13-15-8-7-9-22(15)2)21-12-14-10-17(25-5)18(26-6)11-16(14)24-4;/h7-11H,12-13H2,1-6H3,(H,20,21);1H. The molecule has 7 nitrogen and oxygen atoms in total. The first-order valence-electron chi connectivity index (χ1n) is 8.34. The van der Waals surface area contributed by atoms with Gasteiger partial charge in [0.1, 0.15) is 5.75 Å². The van der Waals surface area contributed by atoms with Crippen LogP contribution in [-0.4, -0.2) is 50.9 Å². The maximum Gasteiger partial charge on any atom is 0.194 e. The molecular weight excluding hydrogens is 459 g/mol. The van der Waals surface area contributed by atoms with Crippen LogP contribution in [0.2, 0.25) is 0 Å². The highest BCUT2D eigenvalue weighted by Crippen LogP contribution is 2.34. The zero-order valence-electron chi connectivity index (χ0n) is 16.8. The lowest BCUT2D eigenvalue weighted by Gasteiger charge is -2.23. The van der Waals surface area contributed by atoms with Gasteiger partial charge in [-0.25, -0.2) is 0 Å². The molecule has 1 heterocycles. The van der Waals surface area contributed by atoms with Crippen molar-refractivity contribution in [1.82, 2.24) is 14.8 Å². The number of guanidine groups is 1. The van der Waals surface area contributed by atoms with Gasteiger partial charge in [0, 0.05) is 51.2 Å². The first kappa shape index (κ1) is 22.9. The molecule has 8 heteroatoms. The normalized spacial score (nSPS) is 10.8. The van der Waals surface area contributed by atoms with E-state index in [1.165, 1.54) is 5.69 Å². The largest absolute Gasteiger partial charge is 0.496 e. The maximum absolute atomic E-state index is 5.48. The summed E-state index contributed by atoms with van der Waals surface area (Å²) in [7, 11) is 10.7. The molecule has 0 unspecified atom stereocenters. The second-order valence-electron chi connectivity index (χ2n) is 5.89. The summed E-state index contributed by atoms with van der Waals surface area (Å²) in [5, 5.41) is 3.37. The Hall–Kier alpha value is -2.10. The van der Waals surface area contributed by atoms with Crippen LogP contribution in [0.15, 0.2) is 35.5 Å². The Bertz CT molecular complexity index is 761. The predicted molar refractivity (Wildman–Crippen MR) is 119 cm³/mol. The number of benzene rings is 1. The molecule has 1 aromatic heterocycles. The number of rotatable bonds is 7. The second-order valence-corrected chi connectivity index (χ2v) is 5.89. The van der Waals surface area contributed by atoms with Crippen molar-refractivity contribution in [1.29, 1.82) is 0 Å². The maximum atomic E-state index is 5.48. The van der Waals surface area contributed by atoms with Crippen LogP contribution in [0.3, 0.4) is 0 Å². The van der Waals surface area contributed by atoms with Gasteiger partial charge in [-0.05, 0) is 18.2 Å². The zero-order chi connectivity index (χ0) is 19.1. The molecule has 2 rings (SSSR count). The quantitative estimate of drug-likeness (QED) is 0.369. The van der Waals surface area contributed by atoms with Gasteiger partial charge in [0.2, 0.25) is 0 Å². The fourth-order valence-electron chi connectivity index (χ4n) is 2.77. The van der Waals surface area contributed by atoms with E-state index in [1.807, 2.05) is 38.5 Å². The van der Waals surface area contributed by atoms with Crippen molar-refractivity contribution >= 4 is 29.9 Å². The summed E-state index contributed by atoms with van der Waals surface area (Å²) in [5.41, 5.74) is 2.16. The molecule has 0 aliphatic rings. The van der Waals surface area contributed by atoms with E-state index in [4.69, 9.17) is 14.2 Å². The lowest BCUT2D eigenvalue weighted by Crippen LogP contribution is -2.38. The summed E-state index contributed by atoms with van der Waals surface area (Å²) in [4.78, 5) is 6.44. The molecular formula is C19H29IN4O3. The third-order valence-electron chi connectivity index (χ3n) is 4.25. The average molecular weight is 488 g/mol. The Morgan fingerprint density at radius 1 is 1.11 bits per heavy atom. The minimum absolute atomic E-state index is 0. The van der Waals surface area contributed by atoms with Crippen molar-refractivity contribution in [3.05, 3.63) is 41.7 Å². The van der Waals surface area contributed by atoms with E-state index in [0.717, 1.165) is 23.8 Å².